The summed E-state index contributed by atoms with van der Waals surface area (Å²) in [4.78, 5) is 15.4. The molecule has 0 N–H and O–H groups in total. The number of nitrogens with zero attached hydrogens (tertiary/aromatic N) is 1. The average Bonchev–Trinajstić information content (AvgIpc) is 2.98. The van der Waals surface area contributed by atoms with Crippen LogP contribution in [0.4, 0.5) is 5.69 Å². The highest BCUT2D eigenvalue weighted by Gasteiger charge is 2.43. The van der Waals surface area contributed by atoms with Crippen molar-refractivity contribution < 1.29 is 19.0 Å². The summed E-state index contributed by atoms with van der Waals surface area (Å²) in [6.45, 7) is 8.02. The van der Waals surface area contributed by atoms with Gasteiger partial charge in [-0.2, -0.15) is 0 Å². The van der Waals surface area contributed by atoms with Gasteiger partial charge in [0.05, 0.1) is 31.2 Å². The normalized spacial score (nSPS) is 25.1. The van der Waals surface area contributed by atoms with Crippen LogP contribution in [0, 0.1) is 11.8 Å². The van der Waals surface area contributed by atoms with Crippen molar-refractivity contribution in [2.24, 2.45) is 11.8 Å². The lowest BCUT2D eigenvalue weighted by molar-refractivity contribution is 0.00695. The lowest BCUT2D eigenvalue weighted by Gasteiger charge is -2.44. The minimum absolute atomic E-state index is 0.134. The Bertz CT molecular complexity index is 1190. The number of benzene rings is 2. The number of ether oxygens (including phenoxy) is 3. The smallest absolute Gasteiger partial charge is 0.338 e. The number of carbonyl (C=O) groups is 1. The SMILES string of the molecule is CO/C=C\[C@@H]1CC[C@H]1CN1CC2(CCCc3cc(Cl)ccc32)COc2ccc(C(=O)OC(C)(C)C)cc21. The lowest BCUT2D eigenvalue weighted by atomic mass is 9.69. The van der Waals surface area contributed by atoms with E-state index in [1.165, 1.54) is 24.0 Å². The summed E-state index contributed by atoms with van der Waals surface area (Å²) in [5, 5.41) is 0.787. The predicted octanol–water partition coefficient (Wildman–Crippen LogP) is 6.95. The lowest BCUT2D eigenvalue weighted by Crippen LogP contribution is -2.48. The molecule has 1 unspecified atom stereocenters. The molecule has 3 aliphatic rings. The van der Waals surface area contributed by atoms with Crippen LogP contribution in [0.25, 0.3) is 0 Å². The number of rotatable bonds is 5. The van der Waals surface area contributed by atoms with Crippen LogP contribution in [0.15, 0.2) is 48.7 Å². The minimum Gasteiger partial charge on any atom is -0.505 e. The largest absolute Gasteiger partial charge is 0.505 e. The molecule has 5 nitrogen and oxygen atoms in total. The third kappa shape index (κ3) is 5.47. The highest BCUT2D eigenvalue weighted by molar-refractivity contribution is 6.30. The van der Waals surface area contributed by atoms with E-state index in [4.69, 9.17) is 25.8 Å². The Balaban J connectivity index is 1.52. The molecule has 2 aliphatic carbocycles. The van der Waals surface area contributed by atoms with Crippen LogP contribution in [0.5, 0.6) is 5.75 Å². The topological polar surface area (TPSA) is 48.0 Å². The first-order valence-electron chi connectivity index (χ1n) is 13.4. The average molecular weight is 524 g/mol. The van der Waals surface area contributed by atoms with Gasteiger partial charge in [-0.05, 0) is 112 Å². The number of aryl methyl sites for hydroxylation is 1. The van der Waals surface area contributed by atoms with Crippen LogP contribution in [0.3, 0.4) is 0 Å². The maximum Gasteiger partial charge on any atom is 0.338 e. The Morgan fingerprint density at radius 1 is 1.22 bits per heavy atom. The first-order chi connectivity index (χ1) is 17.7. The van der Waals surface area contributed by atoms with E-state index in [2.05, 4.69) is 23.1 Å². The molecule has 0 bridgehead atoms. The van der Waals surface area contributed by atoms with Gasteiger partial charge in [0.1, 0.15) is 11.4 Å². The van der Waals surface area contributed by atoms with Crippen molar-refractivity contribution in [2.75, 3.05) is 31.7 Å². The van der Waals surface area contributed by atoms with Crippen LogP contribution in [-0.4, -0.2) is 38.4 Å². The van der Waals surface area contributed by atoms with Gasteiger partial charge in [0.25, 0.3) is 0 Å². The third-order valence-electron chi connectivity index (χ3n) is 8.06. The highest BCUT2D eigenvalue weighted by Crippen LogP contribution is 2.46. The molecule has 3 atom stereocenters. The fraction of sp³-hybridized carbons (Fsp3) is 0.516. The standard InChI is InChI=1S/C31H38ClNO4/c1-30(2,3)37-29(34)23-9-12-28-27(17-23)33(18-24-8-7-21(24)13-15-35-4)19-31(20-36-28)14-5-6-22-16-25(32)10-11-26(22)31/h9-13,15-17,21,24H,5-8,14,18-20H2,1-4H3/b15-13-/t21-,24-,31?/m0/s1. The Morgan fingerprint density at radius 2 is 2.05 bits per heavy atom. The molecule has 1 heterocycles. The zero-order valence-electron chi connectivity index (χ0n) is 22.4. The van der Waals surface area contributed by atoms with Crippen molar-refractivity contribution in [3.05, 3.63) is 70.4 Å². The molecule has 5 rings (SSSR count). The van der Waals surface area contributed by atoms with Crippen LogP contribution in [-0.2, 0) is 21.3 Å². The van der Waals surface area contributed by atoms with Gasteiger partial charge in [0.2, 0.25) is 0 Å². The van der Waals surface area contributed by atoms with Crippen LogP contribution in [0.2, 0.25) is 5.02 Å². The third-order valence-corrected chi connectivity index (χ3v) is 8.30. The van der Waals surface area contributed by atoms with Crippen molar-refractivity contribution in [1.29, 1.82) is 0 Å². The number of halogens is 1. The van der Waals surface area contributed by atoms with E-state index >= 15 is 0 Å². The molecule has 2 aromatic rings. The molecule has 0 aromatic heterocycles. The van der Waals surface area contributed by atoms with Gasteiger partial charge in [0, 0.05) is 23.5 Å². The number of anilines is 1. The van der Waals surface area contributed by atoms with E-state index in [1.54, 1.807) is 13.4 Å². The fourth-order valence-corrected chi connectivity index (χ4v) is 6.31. The summed E-state index contributed by atoms with van der Waals surface area (Å²) in [6.07, 6.45) is 9.55. The Kier molecular flexibility index (Phi) is 7.19. The monoisotopic (exact) mass is 523 g/mol. The second-order valence-corrected chi connectivity index (χ2v) is 12.3. The van der Waals surface area contributed by atoms with E-state index in [0.717, 1.165) is 48.8 Å². The second kappa shape index (κ2) is 10.2. The van der Waals surface area contributed by atoms with Gasteiger partial charge < -0.3 is 19.1 Å². The fourth-order valence-electron chi connectivity index (χ4n) is 6.12. The van der Waals surface area contributed by atoms with Gasteiger partial charge >= 0.3 is 5.97 Å². The van der Waals surface area contributed by atoms with Crippen molar-refractivity contribution in [3.63, 3.8) is 0 Å². The van der Waals surface area contributed by atoms with Gasteiger partial charge in [-0.3, -0.25) is 0 Å². The van der Waals surface area contributed by atoms with Crippen molar-refractivity contribution in [1.82, 2.24) is 0 Å². The first kappa shape index (κ1) is 26.0. The number of hydrogen-bond donors (Lipinski definition) is 0. The van der Waals surface area contributed by atoms with Crippen molar-refractivity contribution in [2.45, 2.75) is 63.9 Å². The molecular formula is C31H38ClNO4. The quantitative estimate of drug-likeness (QED) is 0.313. The Hall–Kier alpha value is -2.66. The summed E-state index contributed by atoms with van der Waals surface area (Å²) in [7, 11) is 1.70. The molecule has 37 heavy (non-hydrogen) atoms. The van der Waals surface area contributed by atoms with Gasteiger partial charge in [-0.1, -0.05) is 17.7 Å². The summed E-state index contributed by atoms with van der Waals surface area (Å²) < 4.78 is 17.5. The molecule has 0 amide bonds. The number of fused-ring (bicyclic) bond motifs is 3. The predicted molar refractivity (Wildman–Crippen MR) is 148 cm³/mol. The Labute approximate surface area is 225 Å². The number of allylic oxidation sites excluding steroid dienone is 1. The molecule has 0 saturated heterocycles. The van der Waals surface area contributed by atoms with E-state index in [0.29, 0.717) is 24.0 Å². The van der Waals surface area contributed by atoms with Crippen LogP contribution in [0.1, 0.15) is 67.9 Å². The molecule has 1 aliphatic heterocycles. The van der Waals surface area contributed by atoms with E-state index in [9.17, 15) is 4.79 Å². The maximum absolute atomic E-state index is 13.0. The van der Waals surface area contributed by atoms with Crippen LogP contribution >= 0.6 is 11.6 Å². The molecule has 2 aromatic carbocycles. The summed E-state index contributed by atoms with van der Waals surface area (Å²) in [6, 6.07) is 12.1. The molecule has 0 radical (unpaired) electrons. The Morgan fingerprint density at radius 3 is 2.78 bits per heavy atom. The zero-order chi connectivity index (χ0) is 26.2. The summed E-state index contributed by atoms with van der Waals surface area (Å²) in [5.74, 6) is 1.54. The molecule has 1 saturated carbocycles. The van der Waals surface area contributed by atoms with E-state index in [1.807, 2.05) is 45.0 Å². The van der Waals surface area contributed by atoms with Crippen LogP contribution < -0.4 is 9.64 Å². The van der Waals surface area contributed by atoms with E-state index in [-0.39, 0.29) is 11.4 Å². The summed E-state index contributed by atoms with van der Waals surface area (Å²) in [5.41, 5.74) is 3.51. The molecular weight excluding hydrogens is 486 g/mol. The number of esters is 1. The van der Waals surface area contributed by atoms with Gasteiger partial charge in [0.15, 0.2) is 0 Å². The summed E-state index contributed by atoms with van der Waals surface area (Å²) >= 11 is 6.38. The second-order valence-electron chi connectivity index (χ2n) is 11.9. The number of carbonyl (C=O) groups excluding carboxylic acids is 1. The number of methoxy groups -OCH3 is 1. The first-order valence-corrected chi connectivity index (χ1v) is 13.8. The number of hydrogen-bond acceptors (Lipinski definition) is 5. The molecule has 6 heteroatoms. The van der Waals surface area contributed by atoms with E-state index < -0.39 is 5.60 Å². The highest BCUT2D eigenvalue weighted by atomic mass is 35.5. The zero-order valence-corrected chi connectivity index (χ0v) is 23.1. The molecule has 1 fully saturated rings. The minimum atomic E-state index is -0.552. The van der Waals surface area contributed by atoms with Gasteiger partial charge in [-0.15, -0.1) is 0 Å². The van der Waals surface area contributed by atoms with Crippen molar-refractivity contribution >= 4 is 23.3 Å². The van der Waals surface area contributed by atoms with Crippen molar-refractivity contribution in [3.8, 4) is 5.75 Å². The van der Waals surface area contributed by atoms with Gasteiger partial charge in [-0.25, -0.2) is 4.79 Å². The molecule has 198 valence electrons. The maximum atomic E-state index is 13.0. The molecule has 1 spiro atoms.